The lowest BCUT2D eigenvalue weighted by molar-refractivity contribution is 0.00684. The number of hydrogen-bond acceptors (Lipinski definition) is 5. The molecule has 0 bridgehead atoms. The van der Waals surface area contributed by atoms with Crippen molar-refractivity contribution >= 4 is 6.09 Å². The zero-order valence-electron chi connectivity index (χ0n) is 16.9. The minimum atomic E-state index is -0.672. The van der Waals surface area contributed by atoms with Crippen LogP contribution in [-0.2, 0) is 17.7 Å². The number of hydrogen-bond donors (Lipinski definition) is 2. The first-order chi connectivity index (χ1) is 13.2. The predicted molar refractivity (Wildman–Crippen MR) is 107 cm³/mol. The zero-order chi connectivity index (χ0) is 20.7. The van der Waals surface area contributed by atoms with E-state index in [1.807, 2.05) is 24.3 Å². The third kappa shape index (κ3) is 6.16. The van der Waals surface area contributed by atoms with Gasteiger partial charge in [-0.2, -0.15) is 0 Å². The summed E-state index contributed by atoms with van der Waals surface area (Å²) < 4.78 is 10.7. The van der Waals surface area contributed by atoms with E-state index in [0.29, 0.717) is 12.0 Å². The van der Waals surface area contributed by atoms with Crippen LogP contribution in [0.25, 0.3) is 0 Å². The Kier molecular flexibility index (Phi) is 7.29. The highest BCUT2D eigenvalue weighted by Gasteiger charge is 2.29. The minimum absolute atomic E-state index is 0.0946. The number of nitrogens with zero attached hydrogens (tertiary/aromatic N) is 1. The SMILES string of the molecule is COc1ccc(C[C@@H](CO)N(Cc2ccccc2O)C(=O)OC(C)(C)C)cc1. The number of aliphatic hydroxyl groups is 1. The summed E-state index contributed by atoms with van der Waals surface area (Å²) in [4.78, 5) is 14.3. The summed E-state index contributed by atoms with van der Waals surface area (Å²) in [5.74, 6) is 0.833. The van der Waals surface area contributed by atoms with Crippen LogP contribution in [0.3, 0.4) is 0 Å². The van der Waals surface area contributed by atoms with Gasteiger partial charge in [-0.05, 0) is 51.0 Å². The number of carbonyl (C=O) groups is 1. The number of para-hydroxylation sites is 1. The average molecular weight is 387 g/mol. The van der Waals surface area contributed by atoms with Crippen LogP contribution in [0, 0.1) is 0 Å². The number of aromatic hydroxyl groups is 1. The summed E-state index contributed by atoms with van der Waals surface area (Å²) in [5.41, 5.74) is 0.862. The summed E-state index contributed by atoms with van der Waals surface area (Å²) >= 11 is 0. The van der Waals surface area contributed by atoms with Crippen molar-refractivity contribution in [2.24, 2.45) is 0 Å². The van der Waals surface area contributed by atoms with Gasteiger partial charge in [0.2, 0.25) is 0 Å². The van der Waals surface area contributed by atoms with E-state index in [-0.39, 0.29) is 18.9 Å². The second-order valence-electron chi connectivity index (χ2n) is 7.63. The normalized spacial score (nSPS) is 12.3. The van der Waals surface area contributed by atoms with Gasteiger partial charge in [0.1, 0.15) is 17.1 Å². The summed E-state index contributed by atoms with van der Waals surface area (Å²) in [6.45, 7) is 5.27. The maximum atomic E-state index is 12.9. The molecule has 2 aromatic rings. The van der Waals surface area contributed by atoms with Crippen LogP contribution < -0.4 is 4.74 Å². The fourth-order valence-corrected chi connectivity index (χ4v) is 2.80. The van der Waals surface area contributed by atoms with Crippen LogP contribution in [0.1, 0.15) is 31.9 Å². The number of phenolic OH excluding ortho intramolecular Hbond substituents is 1. The second kappa shape index (κ2) is 9.46. The van der Waals surface area contributed by atoms with Gasteiger partial charge in [-0.15, -0.1) is 0 Å². The van der Waals surface area contributed by atoms with Gasteiger partial charge in [-0.25, -0.2) is 4.79 Å². The smallest absolute Gasteiger partial charge is 0.410 e. The Bertz CT molecular complexity index is 767. The van der Waals surface area contributed by atoms with E-state index in [2.05, 4.69) is 0 Å². The highest BCUT2D eigenvalue weighted by Crippen LogP contribution is 2.23. The number of amides is 1. The van der Waals surface area contributed by atoms with E-state index in [0.717, 1.165) is 11.3 Å². The molecule has 0 spiro atoms. The second-order valence-corrected chi connectivity index (χ2v) is 7.63. The fraction of sp³-hybridized carbons (Fsp3) is 0.409. The first-order valence-corrected chi connectivity index (χ1v) is 9.23. The lowest BCUT2D eigenvalue weighted by Gasteiger charge is -2.33. The van der Waals surface area contributed by atoms with E-state index in [9.17, 15) is 15.0 Å². The van der Waals surface area contributed by atoms with E-state index in [1.54, 1.807) is 52.1 Å². The van der Waals surface area contributed by atoms with Crippen molar-refractivity contribution < 1.29 is 24.5 Å². The molecule has 2 rings (SSSR count). The number of benzene rings is 2. The van der Waals surface area contributed by atoms with Crippen LogP contribution in [0.15, 0.2) is 48.5 Å². The van der Waals surface area contributed by atoms with Crippen molar-refractivity contribution in [1.29, 1.82) is 0 Å². The van der Waals surface area contributed by atoms with Gasteiger partial charge in [-0.1, -0.05) is 30.3 Å². The van der Waals surface area contributed by atoms with Crippen molar-refractivity contribution in [2.75, 3.05) is 13.7 Å². The molecule has 0 radical (unpaired) electrons. The lowest BCUT2D eigenvalue weighted by atomic mass is 10.0. The molecule has 0 unspecified atom stereocenters. The number of phenols is 1. The maximum Gasteiger partial charge on any atom is 0.410 e. The highest BCUT2D eigenvalue weighted by atomic mass is 16.6. The van der Waals surface area contributed by atoms with Gasteiger partial charge in [0.15, 0.2) is 0 Å². The van der Waals surface area contributed by atoms with E-state index < -0.39 is 17.7 Å². The molecule has 28 heavy (non-hydrogen) atoms. The van der Waals surface area contributed by atoms with Gasteiger partial charge in [-0.3, -0.25) is 4.90 Å². The topological polar surface area (TPSA) is 79.2 Å². The lowest BCUT2D eigenvalue weighted by Crippen LogP contribution is -2.45. The van der Waals surface area contributed by atoms with Crippen LogP contribution >= 0.6 is 0 Å². The Morgan fingerprint density at radius 2 is 1.75 bits per heavy atom. The largest absolute Gasteiger partial charge is 0.508 e. The first-order valence-electron chi connectivity index (χ1n) is 9.23. The third-order valence-corrected chi connectivity index (χ3v) is 4.24. The Balaban J connectivity index is 2.27. The standard InChI is InChI=1S/C22H29NO5/c1-22(2,3)28-21(26)23(14-17-7-5-6-8-20(17)25)18(15-24)13-16-9-11-19(27-4)12-10-16/h5-12,18,24-25H,13-15H2,1-4H3/t18-/m0/s1. The molecule has 0 aliphatic heterocycles. The van der Waals surface area contributed by atoms with E-state index in [4.69, 9.17) is 9.47 Å². The fourth-order valence-electron chi connectivity index (χ4n) is 2.80. The van der Waals surface area contributed by atoms with Gasteiger partial charge in [0, 0.05) is 5.56 Å². The molecule has 0 aliphatic carbocycles. The summed E-state index contributed by atoms with van der Waals surface area (Å²) in [7, 11) is 1.60. The predicted octanol–water partition coefficient (Wildman–Crippen LogP) is 3.74. The zero-order valence-corrected chi connectivity index (χ0v) is 16.9. The molecule has 152 valence electrons. The Hall–Kier alpha value is -2.73. The monoisotopic (exact) mass is 387 g/mol. The number of ether oxygens (including phenoxy) is 2. The van der Waals surface area contributed by atoms with E-state index >= 15 is 0 Å². The third-order valence-electron chi connectivity index (χ3n) is 4.24. The van der Waals surface area contributed by atoms with Crippen molar-refractivity contribution in [1.82, 2.24) is 4.90 Å². The van der Waals surface area contributed by atoms with Crippen LogP contribution in [-0.4, -0.2) is 46.6 Å². The van der Waals surface area contributed by atoms with Crippen molar-refractivity contribution in [3.8, 4) is 11.5 Å². The van der Waals surface area contributed by atoms with Gasteiger partial charge >= 0.3 is 6.09 Å². The van der Waals surface area contributed by atoms with Gasteiger partial charge in [0.05, 0.1) is 26.3 Å². The molecule has 2 N–H and O–H groups in total. The summed E-state index contributed by atoms with van der Waals surface area (Å²) in [6, 6.07) is 13.8. The average Bonchev–Trinajstić information content (AvgIpc) is 2.65. The van der Waals surface area contributed by atoms with Crippen LogP contribution in [0.2, 0.25) is 0 Å². The molecular formula is C22H29NO5. The van der Waals surface area contributed by atoms with Crippen molar-refractivity contribution in [3.05, 3.63) is 59.7 Å². The molecule has 1 atom stereocenters. The number of aliphatic hydroxyl groups excluding tert-OH is 1. The summed E-state index contributed by atoms with van der Waals surface area (Å²) in [6.07, 6.45) is -0.101. The molecule has 6 heteroatoms. The van der Waals surface area contributed by atoms with E-state index in [1.165, 1.54) is 4.90 Å². The van der Waals surface area contributed by atoms with Crippen molar-refractivity contribution in [2.45, 2.75) is 45.4 Å². The summed E-state index contributed by atoms with van der Waals surface area (Å²) in [5, 5.41) is 20.1. The number of methoxy groups -OCH3 is 1. The molecule has 0 heterocycles. The van der Waals surface area contributed by atoms with Crippen LogP contribution in [0.5, 0.6) is 11.5 Å². The molecule has 0 aromatic heterocycles. The molecule has 0 saturated carbocycles. The Morgan fingerprint density at radius 3 is 2.29 bits per heavy atom. The molecule has 0 fully saturated rings. The van der Waals surface area contributed by atoms with Crippen molar-refractivity contribution in [3.63, 3.8) is 0 Å². The Labute approximate surface area is 166 Å². The molecular weight excluding hydrogens is 358 g/mol. The molecule has 1 amide bonds. The quantitative estimate of drug-likeness (QED) is 0.757. The number of carbonyl (C=O) groups excluding carboxylic acids is 1. The number of rotatable bonds is 7. The minimum Gasteiger partial charge on any atom is -0.508 e. The molecule has 0 saturated heterocycles. The maximum absolute atomic E-state index is 12.9. The van der Waals surface area contributed by atoms with Crippen LogP contribution in [0.4, 0.5) is 4.79 Å². The van der Waals surface area contributed by atoms with Gasteiger partial charge < -0.3 is 19.7 Å². The van der Waals surface area contributed by atoms with Gasteiger partial charge in [0.25, 0.3) is 0 Å². The highest BCUT2D eigenvalue weighted by molar-refractivity contribution is 5.69. The molecule has 2 aromatic carbocycles. The molecule has 6 nitrogen and oxygen atoms in total. The molecule has 0 aliphatic rings. The Morgan fingerprint density at radius 1 is 1.11 bits per heavy atom. The first kappa shape index (κ1) is 21.6.